The standard InChI is InChI=1S/C10H13BrN2O2/c1-10(2,12-3)7-4-8(11)6-9(5-7)13(14)15/h4-6,12H,1-3H3. The molecule has 0 amide bonds. The summed E-state index contributed by atoms with van der Waals surface area (Å²) in [5.41, 5.74) is 0.697. The monoisotopic (exact) mass is 272 g/mol. The van der Waals surface area contributed by atoms with Crippen LogP contribution in [0.3, 0.4) is 0 Å². The maximum atomic E-state index is 10.7. The van der Waals surface area contributed by atoms with Crippen LogP contribution in [0, 0.1) is 10.1 Å². The predicted molar refractivity (Wildman–Crippen MR) is 62.9 cm³/mol. The molecule has 0 aromatic heterocycles. The van der Waals surface area contributed by atoms with E-state index in [2.05, 4.69) is 21.2 Å². The van der Waals surface area contributed by atoms with Crippen LogP contribution in [0.5, 0.6) is 0 Å². The summed E-state index contributed by atoms with van der Waals surface area (Å²) in [4.78, 5) is 10.3. The molecule has 1 aromatic rings. The maximum Gasteiger partial charge on any atom is 0.270 e. The summed E-state index contributed by atoms with van der Waals surface area (Å²) in [6.45, 7) is 3.94. The van der Waals surface area contributed by atoms with Crippen LogP contribution in [-0.2, 0) is 5.54 Å². The third-order valence-electron chi connectivity index (χ3n) is 2.44. The normalized spacial score (nSPS) is 11.5. The SMILES string of the molecule is CNC(C)(C)c1cc(Br)cc([N+](=O)[O-])c1. The second-order valence-electron chi connectivity index (χ2n) is 3.83. The Hall–Kier alpha value is -0.940. The van der Waals surface area contributed by atoms with Gasteiger partial charge in [-0.15, -0.1) is 0 Å². The van der Waals surface area contributed by atoms with Crippen LogP contribution in [0.2, 0.25) is 0 Å². The molecule has 0 bridgehead atoms. The molecular weight excluding hydrogens is 260 g/mol. The summed E-state index contributed by atoms with van der Waals surface area (Å²) in [6, 6.07) is 4.96. The van der Waals surface area contributed by atoms with Crippen molar-refractivity contribution in [3.05, 3.63) is 38.3 Å². The smallest absolute Gasteiger partial charge is 0.270 e. The van der Waals surface area contributed by atoms with Gasteiger partial charge in [0.2, 0.25) is 0 Å². The molecule has 0 radical (unpaired) electrons. The Kier molecular flexibility index (Phi) is 3.46. The molecule has 0 spiro atoms. The average molecular weight is 273 g/mol. The summed E-state index contributed by atoms with van der Waals surface area (Å²) in [5, 5.41) is 13.8. The largest absolute Gasteiger partial charge is 0.311 e. The number of non-ortho nitro benzene ring substituents is 1. The molecule has 0 heterocycles. The van der Waals surface area contributed by atoms with Crippen molar-refractivity contribution >= 4 is 21.6 Å². The maximum absolute atomic E-state index is 10.7. The number of benzene rings is 1. The van der Waals surface area contributed by atoms with E-state index in [1.807, 2.05) is 27.0 Å². The second kappa shape index (κ2) is 4.28. The zero-order valence-electron chi connectivity index (χ0n) is 8.87. The Labute approximate surface area is 97.0 Å². The van der Waals surface area contributed by atoms with Crippen molar-refractivity contribution in [3.63, 3.8) is 0 Å². The van der Waals surface area contributed by atoms with E-state index in [9.17, 15) is 10.1 Å². The average Bonchev–Trinajstić information content (AvgIpc) is 2.16. The van der Waals surface area contributed by atoms with Gasteiger partial charge in [-0.3, -0.25) is 10.1 Å². The highest BCUT2D eigenvalue weighted by Crippen LogP contribution is 2.28. The van der Waals surface area contributed by atoms with Gasteiger partial charge < -0.3 is 5.32 Å². The molecule has 15 heavy (non-hydrogen) atoms. The Morgan fingerprint density at radius 2 is 2.00 bits per heavy atom. The minimum atomic E-state index is -0.389. The van der Waals surface area contributed by atoms with Crippen LogP contribution in [0.15, 0.2) is 22.7 Å². The zero-order chi connectivity index (χ0) is 11.6. The minimum Gasteiger partial charge on any atom is -0.311 e. The summed E-state index contributed by atoms with van der Waals surface area (Å²) in [5.74, 6) is 0. The first-order valence-corrected chi connectivity index (χ1v) is 5.30. The first kappa shape index (κ1) is 12.1. The molecule has 0 aliphatic carbocycles. The minimum absolute atomic E-state index is 0.0997. The second-order valence-corrected chi connectivity index (χ2v) is 4.75. The third kappa shape index (κ3) is 2.76. The molecule has 1 N–H and O–H groups in total. The zero-order valence-corrected chi connectivity index (χ0v) is 10.5. The quantitative estimate of drug-likeness (QED) is 0.680. The lowest BCUT2D eigenvalue weighted by Gasteiger charge is -2.24. The number of nitrogens with one attached hydrogen (secondary N) is 1. The molecule has 1 rings (SSSR count). The number of hydrogen-bond acceptors (Lipinski definition) is 3. The van der Waals surface area contributed by atoms with E-state index in [0.29, 0.717) is 0 Å². The number of hydrogen-bond donors (Lipinski definition) is 1. The molecule has 0 fully saturated rings. The number of halogens is 1. The molecule has 5 heteroatoms. The highest BCUT2D eigenvalue weighted by atomic mass is 79.9. The van der Waals surface area contributed by atoms with Gasteiger partial charge >= 0.3 is 0 Å². The van der Waals surface area contributed by atoms with E-state index in [1.165, 1.54) is 6.07 Å². The van der Waals surface area contributed by atoms with Gasteiger partial charge in [0.1, 0.15) is 0 Å². The van der Waals surface area contributed by atoms with Crippen LogP contribution in [0.1, 0.15) is 19.4 Å². The third-order valence-corrected chi connectivity index (χ3v) is 2.90. The highest BCUT2D eigenvalue weighted by Gasteiger charge is 2.21. The molecule has 0 unspecified atom stereocenters. The lowest BCUT2D eigenvalue weighted by molar-refractivity contribution is -0.385. The van der Waals surface area contributed by atoms with Crippen molar-refractivity contribution in [1.29, 1.82) is 0 Å². The van der Waals surface area contributed by atoms with Crippen molar-refractivity contribution in [2.45, 2.75) is 19.4 Å². The fourth-order valence-electron chi connectivity index (χ4n) is 1.18. The van der Waals surface area contributed by atoms with Gasteiger partial charge in [-0.05, 0) is 32.5 Å². The van der Waals surface area contributed by atoms with Gasteiger partial charge in [-0.1, -0.05) is 15.9 Å². The summed E-state index contributed by atoms with van der Waals surface area (Å²) in [6.07, 6.45) is 0. The molecule has 4 nitrogen and oxygen atoms in total. The Morgan fingerprint density at radius 3 is 2.47 bits per heavy atom. The highest BCUT2D eigenvalue weighted by molar-refractivity contribution is 9.10. The number of nitro groups is 1. The van der Waals surface area contributed by atoms with Crippen LogP contribution >= 0.6 is 15.9 Å². The summed E-state index contributed by atoms with van der Waals surface area (Å²) < 4.78 is 0.718. The Bertz CT molecular complexity index is 391. The first-order valence-electron chi connectivity index (χ1n) is 4.51. The fraction of sp³-hybridized carbons (Fsp3) is 0.400. The number of nitrogens with zero attached hydrogens (tertiary/aromatic N) is 1. The van der Waals surface area contributed by atoms with E-state index < -0.39 is 0 Å². The van der Waals surface area contributed by atoms with E-state index >= 15 is 0 Å². The number of nitro benzene ring substituents is 1. The lowest BCUT2D eigenvalue weighted by Crippen LogP contribution is -2.33. The van der Waals surface area contributed by atoms with Gasteiger partial charge in [-0.2, -0.15) is 0 Å². The summed E-state index contributed by atoms with van der Waals surface area (Å²) in [7, 11) is 1.83. The van der Waals surface area contributed by atoms with E-state index in [-0.39, 0.29) is 16.1 Å². The van der Waals surface area contributed by atoms with Crippen LogP contribution in [-0.4, -0.2) is 12.0 Å². The van der Waals surface area contributed by atoms with Gasteiger partial charge in [0, 0.05) is 22.1 Å². The van der Waals surface area contributed by atoms with E-state index in [0.717, 1.165) is 10.0 Å². The molecule has 0 saturated heterocycles. The van der Waals surface area contributed by atoms with Crippen molar-refractivity contribution < 1.29 is 4.92 Å². The van der Waals surface area contributed by atoms with Crippen molar-refractivity contribution in [1.82, 2.24) is 5.32 Å². The molecule has 0 saturated carbocycles. The van der Waals surface area contributed by atoms with Crippen LogP contribution in [0.25, 0.3) is 0 Å². The molecule has 0 atom stereocenters. The van der Waals surface area contributed by atoms with E-state index in [1.54, 1.807) is 6.07 Å². The lowest BCUT2D eigenvalue weighted by atomic mass is 9.94. The molecular formula is C10H13BrN2O2. The fourth-order valence-corrected chi connectivity index (χ4v) is 1.67. The van der Waals surface area contributed by atoms with Crippen molar-refractivity contribution in [2.75, 3.05) is 7.05 Å². The van der Waals surface area contributed by atoms with Crippen LogP contribution < -0.4 is 5.32 Å². The Morgan fingerprint density at radius 1 is 1.40 bits per heavy atom. The first-order chi connectivity index (χ1) is 6.86. The Balaban J connectivity index is 3.26. The molecule has 0 aliphatic heterocycles. The topological polar surface area (TPSA) is 55.2 Å². The molecule has 82 valence electrons. The van der Waals surface area contributed by atoms with E-state index in [4.69, 9.17) is 0 Å². The van der Waals surface area contributed by atoms with Gasteiger partial charge in [0.25, 0.3) is 5.69 Å². The van der Waals surface area contributed by atoms with Gasteiger partial charge in [0.15, 0.2) is 0 Å². The molecule has 1 aromatic carbocycles. The van der Waals surface area contributed by atoms with Crippen molar-refractivity contribution in [2.24, 2.45) is 0 Å². The van der Waals surface area contributed by atoms with Gasteiger partial charge in [-0.25, -0.2) is 0 Å². The predicted octanol–water partition coefficient (Wildman–Crippen LogP) is 2.81. The summed E-state index contributed by atoms with van der Waals surface area (Å²) >= 11 is 3.27. The van der Waals surface area contributed by atoms with Gasteiger partial charge in [0.05, 0.1) is 4.92 Å². The number of rotatable bonds is 3. The van der Waals surface area contributed by atoms with Crippen LogP contribution in [0.4, 0.5) is 5.69 Å². The van der Waals surface area contributed by atoms with Crippen molar-refractivity contribution in [3.8, 4) is 0 Å². The molecule has 0 aliphatic rings.